The first-order valence-corrected chi connectivity index (χ1v) is 5.25. The summed E-state index contributed by atoms with van der Waals surface area (Å²) in [5, 5.41) is 20.3. The summed E-state index contributed by atoms with van der Waals surface area (Å²) in [6.45, 7) is 0. The van der Waals surface area contributed by atoms with Crippen LogP contribution in [0.1, 0.15) is 15.9 Å². The molecule has 2 aromatic carbocycles. The van der Waals surface area contributed by atoms with Gasteiger partial charge in [0.25, 0.3) is 0 Å². The smallest absolute Gasteiger partial charge is 0.311 e. The van der Waals surface area contributed by atoms with Crippen LogP contribution in [0.2, 0.25) is 0 Å². The summed E-state index contributed by atoms with van der Waals surface area (Å²) < 4.78 is 0. The van der Waals surface area contributed by atoms with Crippen LogP contribution >= 0.6 is 0 Å². The highest BCUT2D eigenvalue weighted by atomic mass is 16.6. The number of rotatable bonds is 1. The number of nitro benzene ring substituents is 1. The third-order valence-electron chi connectivity index (χ3n) is 3.02. The molecule has 0 saturated carbocycles. The van der Waals surface area contributed by atoms with Crippen LogP contribution < -0.4 is 0 Å². The van der Waals surface area contributed by atoms with Crippen LogP contribution in [0, 0.1) is 10.1 Å². The standard InChI is InChI=1S/C13H7NO4/c15-12-6-9-7-3-1-2-4-8(7)13(16)10(9)5-11(12)14(17)18/h1-6,15H. The number of aromatic hydroxyl groups is 1. The molecule has 0 heterocycles. The van der Waals surface area contributed by atoms with Crippen LogP contribution in [0.3, 0.4) is 0 Å². The summed E-state index contributed by atoms with van der Waals surface area (Å²) in [4.78, 5) is 22.1. The Hall–Kier alpha value is -2.69. The molecule has 1 aliphatic carbocycles. The van der Waals surface area contributed by atoms with E-state index in [0.29, 0.717) is 16.7 Å². The summed E-state index contributed by atoms with van der Waals surface area (Å²) in [5.74, 6) is -0.674. The van der Waals surface area contributed by atoms with Gasteiger partial charge in [0, 0.05) is 17.2 Å². The minimum atomic E-state index is -0.703. The molecule has 1 aliphatic rings. The zero-order chi connectivity index (χ0) is 12.9. The van der Waals surface area contributed by atoms with Gasteiger partial charge in [0.05, 0.1) is 4.92 Å². The predicted octanol–water partition coefficient (Wildman–Crippen LogP) is 2.51. The molecular weight excluding hydrogens is 234 g/mol. The fourth-order valence-electron chi connectivity index (χ4n) is 2.19. The quantitative estimate of drug-likeness (QED) is 0.524. The molecule has 0 radical (unpaired) electrons. The van der Waals surface area contributed by atoms with E-state index in [4.69, 9.17) is 0 Å². The number of nitrogens with zero attached hydrogens (tertiary/aromatic N) is 1. The Bertz CT molecular complexity index is 706. The maximum Gasteiger partial charge on any atom is 0.311 e. The molecule has 1 N–H and O–H groups in total. The molecule has 0 atom stereocenters. The molecule has 18 heavy (non-hydrogen) atoms. The summed E-state index contributed by atoms with van der Waals surface area (Å²) in [6, 6.07) is 9.34. The van der Waals surface area contributed by atoms with Crippen LogP contribution in [0.15, 0.2) is 36.4 Å². The minimum absolute atomic E-state index is 0.247. The Morgan fingerprint density at radius 3 is 2.33 bits per heavy atom. The van der Waals surface area contributed by atoms with Gasteiger partial charge in [-0.25, -0.2) is 0 Å². The van der Waals surface area contributed by atoms with Gasteiger partial charge in [-0.15, -0.1) is 0 Å². The van der Waals surface area contributed by atoms with Crippen molar-refractivity contribution in [3.05, 3.63) is 57.6 Å². The van der Waals surface area contributed by atoms with Gasteiger partial charge in [-0.3, -0.25) is 14.9 Å². The number of phenols is 1. The number of hydrogen-bond acceptors (Lipinski definition) is 4. The molecule has 0 bridgehead atoms. The van der Waals surface area contributed by atoms with Crippen molar-refractivity contribution in [1.29, 1.82) is 0 Å². The Morgan fingerprint density at radius 1 is 1.00 bits per heavy atom. The van der Waals surface area contributed by atoms with Crippen molar-refractivity contribution in [2.75, 3.05) is 0 Å². The molecule has 88 valence electrons. The molecule has 3 rings (SSSR count). The molecule has 0 unspecified atom stereocenters. The second kappa shape index (κ2) is 3.40. The molecule has 0 amide bonds. The molecule has 5 nitrogen and oxygen atoms in total. The number of phenolic OH excluding ortho intramolecular Hbond substituents is 1. The average molecular weight is 241 g/mol. The topological polar surface area (TPSA) is 80.4 Å². The first-order chi connectivity index (χ1) is 8.59. The van der Waals surface area contributed by atoms with Gasteiger partial charge in [0.15, 0.2) is 11.5 Å². The second-order valence-corrected chi connectivity index (χ2v) is 4.02. The maximum atomic E-state index is 12.1. The molecule has 0 saturated heterocycles. The largest absolute Gasteiger partial charge is 0.502 e. The molecule has 0 aliphatic heterocycles. The summed E-state index contributed by atoms with van der Waals surface area (Å²) >= 11 is 0. The minimum Gasteiger partial charge on any atom is -0.502 e. The molecule has 0 spiro atoms. The lowest BCUT2D eigenvalue weighted by molar-refractivity contribution is -0.385. The van der Waals surface area contributed by atoms with Gasteiger partial charge in [-0.2, -0.15) is 0 Å². The molecular formula is C13H7NO4. The van der Waals surface area contributed by atoms with Crippen LogP contribution in [0.4, 0.5) is 5.69 Å². The van der Waals surface area contributed by atoms with E-state index in [1.54, 1.807) is 24.3 Å². The molecule has 2 aromatic rings. The van der Waals surface area contributed by atoms with E-state index in [1.807, 2.05) is 0 Å². The second-order valence-electron chi connectivity index (χ2n) is 4.02. The lowest BCUT2D eigenvalue weighted by atomic mass is 10.0. The molecule has 0 aromatic heterocycles. The number of carbonyl (C=O) groups excluding carboxylic acids is 1. The van der Waals surface area contributed by atoms with E-state index in [9.17, 15) is 20.0 Å². The number of carbonyl (C=O) groups is 1. The normalized spacial score (nSPS) is 12.1. The van der Waals surface area contributed by atoms with Crippen molar-refractivity contribution < 1.29 is 14.8 Å². The molecule has 5 heteroatoms. The number of nitro groups is 1. The highest BCUT2D eigenvalue weighted by Gasteiger charge is 2.30. The lowest BCUT2D eigenvalue weighted by Crippen LogP contribution is -1.97. The predicted molar refractivity (Wildman–Crippen MR) is 63.6 cm³/mol. The Kier molecular flexibility index (Phi) is 1.98. The first kappa shape index (κ1) is 10.5. The van der Waals surface area contributed by atoms with Crippen molar-refractivity contribution >= 4 is 11.5 Å². The Morgan fingerprint density at radius 2 is 1.67 bits per heavy atom. The van der Waals surface area contributed by atoms with E-state index in [-0.39, 0.29) is 11.3 Å². The van der Waals surface area contributed by atoms with Gasteiger partial charge in [-0.05, 0) is 17.2 Å². The van der Waals surface area contributed by atoms with E-state index in [0.717, 1.165) is 6.07 Å². The number of hydrogen-bond donors (Lipinski definition) is 1. The van der Waals surface area contributed by atoms with Crippen molar-refractivity contribution in [3.63, 3.8) is 0 Å². The van der Waals surface area contributed by atoms with Gasteiger partial charge in [-0.1, -0.05) is 24.3 Å². The maximum absolute atomic E-state index is 12.1. The van der Waals surface area contributed by atoms with Gasteiger partial charge in [0.2, 0.25) is 0 Å². The number of ketones is 1. The van der Waals surface area contributed by atoms with Crippen LogP contribution in [-0.4, -0.2) is 15.8 Å². The average Bonchev–Trinajstić information content (AvgIpc) is 2.62. The number of fused-ring (bicyclic) bond motifs is 3. The van der Waals surface area contributed by atoms with Crippen molar-refractivity contribution in [3.8, 4) is 16.9 Å². The third kappa shape index (κ3) is 1.24. The van der Waals surface area contributed by atoms with E-state index in [1.165, 1.54) is 6.07 Å². The Labute approximate surface area is 101 Å². The lowest BCUT2D eigenvalue weighted by Gasteiger charge is -2.01. The highest BCUT2D eigenvalue weighted by molar-refractivity contribution is 6.22. The fraction of sp³-hybridized carbons (Fsp3) is 0. The van der Waals surface area contributed by atoms with Crippen LogP contribution in [0.5, 0.6) is 5.75 Å². The summed E-state index contributed by atoms with van der Waals surface area (Å²) in [6.07, 6.45) is 0. The number of benzene rings is 2. The monoisotopic (exact) mass is 241 g/mol. The zero-order valence-corrected chi connectivity index (χ0v) is 9.08. The summed E-state index contributed by atoms with van der Waals surface area (Å²) in [7, 11) is 0. The highest BCUT2D eigenvalue weighted by Crippen LogP contribution is 2.41. The zero-order valence-electron chi connectivity index (χ0n) is 9.08. The third-order valence-corrected chi connectivity index (χ3v) is 3.02. The first-order valence-electron chi connectivity index (χ1n) is 5.25. The molecule has 0 fully saturated rings. The van der Waals surface area contributed by atoms with Gasteiger partial charge < -0.3 is 5.11 Å². The van der Waals surface area contributed by atoms with E-state index < -0.39 is 16.4 Å². The summed E-state index contributed by atoms with van der Waals surface area (Å²) in [5.41, 5.74) is 1.56. The van der Waals surface area contributed by atoms with E-state index in [2.05, 4.69) is 0 Å². The van der Waals surface area contributed by atoms with E-state index >= 15 is 0 Å². The van der Waals surface area contributed by atoms with Crippen LogP contribution in [-0.2, 0) is 0 Å². The fourth-order valence-corrected chi connectivity index (χ4v) is 2.19. The van der Waals surface area contributed by atoms with Gasteiger partial charge >= 0.3 is 5.69 Å². The Balaban J connectivity index is 2.33. The van der Waals surface area contributed by atoms with Crippen molar-refractivity contribution in [2.45, 2.75) is 0 Å². The van der Waals surface area contributed by atoms with Crippen LogP contribution in [0.25, 0.3) is 11.1 Å². The SMILES string of the molecule is O=C1c2ccccc2-c2cc(O)c([N+](=O)[O-])cc21. The van der Waals surface area contributed by atoms with Crippen molar-refractivity contribution in [1.82, 2.24) is 0 Å². The van der Waals surface area contributed by atoms with Gasteiger partial charge in [0.1, 0.15) is 0 Å². The van der Waals surface area contributed by atoms with Crippen molar-refractivity contribution in [2.24, 2.45) is 0 Å².